The number of ether oxygens (including phenoxy) is 2. The number of carbonyl (C=O) groups excluding carboxylic acids is 2. The molecule has 0 fully saturated rings. The lowest BCUT2D eigenvalue weighted by molar-refractivity contribution is -0.870. The average molecular weight is 1450 g/mol. The number of phosphoric ester groups is 1. The summed E-state index contributed by atoms with van der Waals surface area (Å²) in [4.78, 5) is 36.0. The molecule has 0 amide bonds. The molecule has 0 aromatic heterocycles. The van der Waals surface area contributed by atoms with Crippen LogP contribution >= 0.6 is 7.82 Å². The molecule has 10 heteroatoms. The number of nitrogens with zero attached hydrogens (tertiary/aromatic N) is 1. The molecule has 0 bridgehead atoms. The number of hydrogen-bond acceptors (Lipinski definition) is 7. The summed E-state index contributed by atoms with van der Waals surface area (Å²) >= 11 is 0. The van der Waals surface area contributed by atoms with Gasteiger partial charge in [0, 0.05) is 12.8 Å². The predicted molar refractivity (Wildman–Crippen MR) is 453 cm³/mol. The Morgan fingerprint density at radius 3 is 0.769 bits per heavy atom. The normalized spacial score (nSPS) is 14.4. The summed E-state index contributed by atoms with van der Waals surface area (Å²) in [5.41, 5.74) is 0. The van der Waals surface area contributed by atoms with Crippen LogP contribution < -0.4 is 0 Å². The third-order valence-corrected chi connectivity index (χ3v) is 17.0. The van der Waals surface area contributed by atoms with Crippen molar-refractivity contribution in [1.82, 2.24) is 0 Å². The van der Waals surface area contributed by atoms with Crippen LogP contribution in [0.4, 0.5) is 0 Å². The minimum absolute atomic E-state index is 0.0144. The zero-order valence-corrected chi connectivity index (χ0v) is 67.0. The Labute approximate surface area is 637 Å². The van der Waals surface area contributed by atoms with E-state index in [4.69, 9.17) is 18.5 Å². The lowest BCUT2D eigenvalue weighted by Gasteiger charge is -2.24. The van der Waals surface area contributed by atoms with Gasteiger partial charge in [-0.3, -0.25) is 18.6 Å². The lowest BCUT2D eigenvalue weighted by Crippen LogP contribution is -2.37. The van der Waals surface area contributed by atoms with Crippen LogP contribution in [0.1, 0.15) is 271 Å². The number of esters is 2. The van der Waals surface area contributed by atoms with Crippen LogP contribution in [-0.2, 0) is 32.7 Å². The highest BCUT2D eigenvalue weighted by atomic mass is 31.2. The van der Waals surface area contributed by atoms with Crippen molar-refractivity contribution in [2.45, 2.75) is 277 Å². The molecule has 0 aromatic rings. The molecule has 1 N–H and O–H groups in total. The summed E-state index contributed by atoms with van der Waals surface area (Å²) < 4.78 is 34.8. The number of phosphoric acid groups is 1. The van der Waals surface area contributed by atoms with E-state index < -0.39 is 26.5 Å². The fourth-order valence-corrected chi connectivity index (χ4v) is 10.7. The van der Waals surface area contributed by atoms with Gasteiger partial charge in [-0.05, 0) is 173 Å². The third kappa shape index (κ3) is 84.5. The van der Waals surface area contributed by atoms with Gasteiger partial charge in [0.2, 0.25) is 0 Å². The van der Waals surface area contributed by atoms with E-state index in [1.54, 1.807) is 0 Å². The molecule has 0 aliphatic carbocycles. The first-order valence-corrected chi connectivity index (χ1v) is 41.9. The number of unbranched alkanes of at least 4 members (excludes halogenated alkanes) is 15. The van der Waals surface area contributed by atoms with Crippen LogP contribution in [-0.4, -0.2) is 74.9 Å². The first-order valence-electron chi connectivity index (χ1n) is 40.4. The van der Waals surface area contributed by atoms with Crippen molar-refractivity contribution in [1.29, 1.82) is 0 Å². The van der Waals surface area contributed by atoms with Gasteiger partial charge in [-0.2, -0.15) is 0 Å². The zero-order valence-electron chi connectivity index (χ0n) is 66.1. The third-order valence-electron chi connectivity index (χ3n) is 16.1. The van der Waals surface area contributed by atoms with E-state index in [0.29, 0.717) is 23.9 Å². The summed E-state index contributed by atoms with van der Waals surface area (Å²) in [6, 6.07) is 0. The van der Waals surface area contributed by atoms with Crippen LogP contribution in [0, 0.1) is 0 Å². The van der Waals surface area contributed by atoms with E-state index in [-0.39, 0.29) is 32.0 Å². The average Bonchev–Trinajstić information content (AvgIpc) is 0.920. The summed E-state index contributed by atoms with van der Waals surface area (Å²) in [5, 5.41) is 0. The maximum atomic E-state index is 12.9. The van der Waals surface area contributed by atoms with Crippen LogP contribution in [0.2, 0.25) is 0 Å². The van der Waals surface area contributed by atoms with Gasteiger partial charge in [-0.15, -0.1) is 0 Å². The minimum atomic E-state index is -4.42. The monoisotopic (exact) mass is 1450 g/mol. The summed E-state index contributed by atoms with van der Waals surface area (Å²) in [7, 11) is 1.43. The van der Waals surface area contributed by atoms with E-state index in [2.05, 4.69) is 269 Å². The van der Waals surface area contributed by atoms with Crippen molar-refractivity contribution < 1.29 is 42.1 Å². The van der Waals surface area contributed by atoms with Crippen molar-refractivity contribution in [2.24, 2.45) is 0 Å². The fourth-order valence-electron chi connectivity index (χ4n) is 9.99. The zero-order chi connectivity index (χ0) is 75.4. The van der Waals surface area contributed by atoms with Crippen LogP contribution in [0.15, 0.2) is 255 Å². The molecule has 2 unspecified atom stereocenters. The number of likely N-dealkylation sites (N-methyl/N-ethyl adjacent to an activating group) is 1. The van der Waals surface area contributed by atoms with Crippen LogP contribution in [0.25, 0.3) is 0 Å². The SMILES string of the molecule is CC/C=C\C/C=C\C/C=C\C/C=C\C/C=C\C/C=C\C/C=C\C/C=C\C/C=C\C/C=C\C/C=C\CCCCCCCCCC(=O)OC(COC(=O)CCCCCCCCCC/C=C\C/C=C\C/C=C\C/C=C\C/C=C\C/C=C\C/C=C\C/C=C\C/C=C\C/C=C\CC)COP(=O)(O)OCC[N+](C)(C)C. The number of carbonyl (C=O) groups is 2. The summed E-state index contributed by atoms with van der Waals surface area (Å²) in [5.74, 6) is -0.837. The Bertz CT molecular complexity index is 2720. The van der Waals surface area contributed by atoms with Gasteiger partial charge >= 0.3 is 19.8 Å². The van der Waals surface area contributed by atoms with E-state index in [0.717, 1.165) is 193 Å². The highest BCUT2D eigenvalue weighted by Crippen LogP contribution is 2.43. The van der Waals surface area contributed by atoms with E-state index in [1.807, 2.05) is 21.1 Å². The van der Waals surface area contributed by atoms with Crippen LogP contribution in [0.5, 0.6) is 0 Å². The Morgan fingerprint density at radius 1 is 0.298 bits per heavy atom. The Balaban J connectivity index is 4.15. The molecule has 0 aliphatic rings. The second kappa shape index (κ2) is 80.6. The molecule has 0 heterocycles. The Morgan fingerprint density at radius 2 is 0.519 bits per heavy atom. The summed E-state index contributed by atoms with van der Waals surface area (Å²) in [6.07, 6.45) is 132. The number of quaternary nitrogens is 1. The number of allylic oxidation sites excluding steroid dienone is 42. The van der Waals surface area contributed by atoms with Gasteiger partial charge in [-0.1, -0.05) is 340 Å². The summed E-state index contributed by atoms with van der Waals surface area (Å²) in [6.45, 7) is 4.15. The van der Waals surface area contributed by atoms with Gasteiger partial charge in [0.1, 0.15) is 19.8 Å². The second-order valence-electron chi connectivity index (χ2n) is 27.0. The first kappa shape index (κ1) is 97.5. The molecular formula is C94H147NO8P+. The predicted octanol–water partition coefficient (Wildman–Crippen LogP) is 27.6. The van der Waals surface area contributed by atoms with Crippen molar-refractivity contribution in [3.8, 4) is 0 Å². The maximum Gasteiger partial charge on any atom is 0.472 e. The maximum absolute atomic E-state index is 12.9. The van der Waals surface area contributed by atoms with E-state index in [9.17, 15) is 19.0 Å². The topological polar surface area (TPSA) is 108 Å². The molecular weight excluding hydrogens is 1300 g/mol. The number of hydrogen-bond donors (Lipinski definition) is 1. The molecule has 580 valence electrons. The van der Waals surface area contributed by atoms with Gasteiger partial charge < -0.3 is 18.9 Å². The lowest BCUT2D eigenvalue weighted by atomic mass is 10.1. The standard InChI is InChI=1S/C94H146NO8P/c1-6-8-10-12-14-16-18-20-22-24-26-28-30-32-34-36-38-40-42-44-46-47-49-51-53-55-57-59-61-63-65-67-69-71-73-75-77-79-81-83-85-87-94(97)103-92(91-102-104(98,99)101-89-88-95(3,4)5)90-100-93(96)86-84-82-80-78-76-74-72-70-68-66-64-62-60-58-56-54-52-50-48-45-43-41-39-37-35-33-31-29-27-25-23-21-19-17-15-13-11-9-7-2/h8-11,14-17,20-23,26-29,32-35,38-41,44-46,48-49,51-52,54-55,57-58,60-61,63-64,66-67,69,92H,6-7,12-13,18-19,24-25,30-31,36-37,42-43,47,50,53,56,59,62,65,68,70-91H2,1-5H3/p+1/b10-8-,11-9-,16-14-,17-15-,22-20-,23-21-,28-26-,29-27-,34-32-,35-33-,40-38-,41-39-,46-44-,48-45-,51-49-,54-52-,57-55-,60-58-,63-61-,66-64-,69-67-. The largest absolute Gasteiger partial charge is 0.472 e. The number of rotatable bonds is 71. The molecule has 0 rings (SSSR count). The minimum Gasteiger partial charge on any atom is -0.462 e. The molecule has 0 spiro atoms. The quantitative estimate of drug-likeness (QED) is 0.0211. The van der Waals surface area contributed by atoms with Gasteiger partial charge in [-0.25, -0.2) is 4.57 Å². The second-order valence-corrected chi connectivity index (χ2v) is 28.4. The molecule has 0 radical (unpaired) electrons. The molecule has 0 saturated carbocycles. The van der Waals surface area contributed by atoms with Gasteiger partial charge in [0.05, 0.1) is 27.7 Å². The van der Waals surface area contributed by atoms with Crippen molar-refractivity contribution in [3.63, 3.8) is 0 Å². The Kier molecular flexibility index (Phi) is 75.6. The van der Waals surface area contributed by atoms with Crippen molar-refractivity contribution in [2.75, 3.05) is 47.5 Å². The molecule has 2 atom stereocenters. The van der Waals surface area contributed by atoms with Crippen molar-refractivity contribution >= 4 is 19.8 Å². The van der Waals surface area contributed by atoms with Crippen LogP contribution in [0.3, 0.4) is 0 Å². The van der Waals surface area contributed by atoms with E-state index >= 15 is 0 Å². The molecule has 9 nitrogen and oxygen atoms in total. The van der Waals surface area contributed by atoms with Crippen molar-refractivity contribution in [3.05, 3.63) is 255 Å². The molecule has 0 saturated heterocycles. The first-order chi connectivity index (χ1) is 51.0. The van der Waals surface area contributed by atoms with Gasteiger partial charge in [0.15, 0.2) is 6.10 Å². The Hall–Kier alpha value is -6.45. The highest BCUT2D eigenvalue weighted by molar-refractivity contribution is 7.47. The fraction of sp³-hybridized carbons (Fsp3) is 0.532. The van der Waals surface area contributed by atoms with E-state index in [1.165, 1.54) is 38.5 Å². The van der Waals surface area contributed by atoms with Gasteiger partial charge in [0.25, 0.3) is 0 Å². The molecule has 104 heavy (non-hydrogen) atoms. The molecule has 0 aliphatic heterocycles. The smallest absolute Gasteiger partial charge is 0.462 e. The molecule has 0 aromatic carbocycles. The highest BCUT2D eigenvalue weighted by Gasteiger charge is 2.27.